The van der Waals surface area contributed by atoms with Gasteiger partial charge < -0.3 is 10.0 Å². The van der Waals surface area contributed by atoms with Gasteiger partial charge in [0.25, 0.3) is 0 Å². The van der Waals surface area contributed by atoms with Crippen LogP contribution in [0.4, 0.5) is 0 Å². The van der Waals surface area contributed by atoms with Crippen molar-refractivity contribution < 1.29 is 14.7 Å². The summed E-state index contributed by atoms with van der Waals surface area (Å²) in [6, 6.07) is 10.1. The third kappa shape index (κ3) is 3.95. The predicted octanol–water partition coefficient (Wildman–Crippen LogP) is 2.25. The molecule has 106 valence electrons. The van der Waals surface area contributed by atoms with Crippen molar-refractivity contribution in [2.75, 3.05) is 13.1 Å². The molecule has 1 aromatic rings. The topological polar surface area (TPSA) is 57.6 Å². The van der Waals surface area contributed by atoms with Crippen molar-refractivity contribution in [3.8, 4) is 0 Å². The molecule has 0 saturated heterocycles. The van der Waals surface area contributed by atoms with Gasteiger partial charge in [-0.15, -0.1) is 0 Å². The summed E-state index contributed by atoms with van der Waals surface area (Å²) in [7, 11) is 0. The molecule has 20 heavy (non-hydrogen) atoms. The summed E-state index contributed by atoms with van der Waals surface area (Å²) in [6.07, 6.45) is 3.87. The maximum Gasteiger partial charge on any atom is 0.303 e. The number of nitrogens with zero attached hydrogens (tertiary/aromatic N) is 1. The van der Waals surface area contributed by atoms with Crippen LogP contribution in [0.3, 0.4) is 0 Å². The van der Waals surface area contributed by atoms with E-state index in [9.17, 15) is 9.59 Å². The molecular weight excluding hydrogens is 254 g/mol. The Balaban J connectivity index is 1.88. The maximum absolute atomic E-state index is 12.2. The zero-order valence-corrected chi connectivity index (χ0v) is 11.4. The summed E-state index contributed by atoms with van der Waals surface area (Å²) in [5.74, 6) is -0.867. The number of carboxylic acid groups (broad SMARTS) is 1. The Hall–Kier alpha value is -2.10. The standard InChI is InChI=1S/C16H19NO3/c18-15(19)9-8-14-7-4-11-17(16(14)20)12-10-13-5-2-1-3-6-13/h1-3,5-7H,4,8-12H2,(H,18,19). The molecule has 0 radical (unpaired) electrons. The Bertz CT molecular complexity index is 508. The summed E-state index contributed by atoms with van der Waals surface area (Å²) in [5.41, 5.74) is 1.86. The molecule has 4 nitrogen and oxygen atoms in total. The second-order valence-electron chi connectivity index (χ2n) is 4.94. The summed E-state index contributed by atoms with van der Waals surface area (Å²) in [5, 5.41) is 8.70. The van der Waals surface area contributed by atoms with Crippen molar-refractivity contribution in [1.29, 1.82) is 0 Å². The van der Waals surface area contributed by atoms with Gasteiger partial charge in [-0.25, -0.2) is 0 Å². The van der Waals surface area contributed by atoms with Crippen molar-refractivity contribution >= 4 is 11.9 Å². The first kappa shape index (κ1) is 14.3. The average Bonchev–Trinajstić information content (AvgIpc) is 2.46. The maximum atomic E-state index is 12.2. The molecule has 0 saturated carbocycles. The largest absolute Gasteiger partial charge is 0.481 e. The second kappa shape index (κ2) is 6.89. The quantitative estimate of drug-likeness (QED) is 0.865. The van der Waals surface area contributed by atoms with E-state index in [0.717, 1.165) is 19.4 Å². The van der Waals surface area contributed by atoms with E-state index in [4.69, 9.17) is 5.11 Å². The molecule has 0 atom stereocenters. The zero-order chi connectivity index (χ0) is 14.4. The first-order valence-corrected chi connectivity index (χ1v) is 6.91. The first-order valence-electron chi connectivity index (χ1n) is 6.91. The van der Waals surface area contributed by atoms with Crippen LogP contribution in [0.1, 0.15) is 24.8 Å². The van der Waals surface area contributed by atoms with Crippen LogP contribution in [0.15, 0.2) is 42.0 Å². The predicted molar refractivity (Wildman–Crippen MR) is 76.3 cm³/mol. The molecule has 0 bridgehead atoms. The van der Waals surface area contributed by atoms with Crippen LogP contribution in [0.5, 0.6) is 0 Å². The number of hydrogen-bond acceptors (Lipinski definition) is 2. The van der Waals surface area contributed by atoms with Gasteiger partial charge in [0.05, 0.1) is 0 Å². The number of rotatable bonds is 6. The first-order chi connectivity index (χ1) is 9.66. The van der Waals surface area contributed by atoms with Crippen LogP contribution in [0, 0.1) is 0 Å². The Labute approximate surface area is 118 Å². The van der Waals surface area contributed by atoms with Gasteiger partial charge in [0.15, 0.2) is 0 Å². The minimum Gasteiger partial charge on any atom is -0.481 e. The number of amides is 1. The van der Waals surface area contributed by atoms with E-state index in [2.05, 4.69) is 12.1 Å². The molecule has 1 heterocycles. The van der Waals surface area contributed by atoms with Gasteiger partial charge in [0.1, 0.15) is 0 Å². The second-order valence-corrected chi connectivity index (χ2v) is 4.94. The van der Waals surface area contributed by atoms with E-state index in [1.807, 2.05) is 29.2 Å². The molecule has 1 aliphatic rings. The van der Waals surface area contributed by atoms with Crippen LogP contribution in [0.25, 0.3) is 0 Å². The fraction of sp³-hybridized carbons (Fsp3) is 0.375. The van der Waals surface area contributed by atoms with Crippen molar-refractivity contribution in [3.63, 3.8) is 0 Å². The van der Waals surface area contributed by atoms with Crippen molar-refractivity contribution in [2.24, 2.45) is 0 Å². The number of carbonyl (C=O) groups is 2. The highest BCUT2D eigenvalue weighted by molar-refractivity contribution is 5.94. The van der Waals surface area contributed by atoms with Gasteiger partial charge in [-0.2, -0.15) is 0 Å². The number of benzene rings is 1. The van der Waals surface area contributed by atoms with E-state index < -0.39 is 5.97 Å². The Morgan fingerprint density at radius 2 is 1.95 bits per heavy atom. The molecule has 4 heteroatoms. The lowest BCUT2D eigenvalue weighted by Gasteiger charge is -2.27. The monoisotopic (exact) mass is 273 g/mol. The third-order valence-corrected chi connectivity index (χ3v) is 3.47. The number of carboxylic acids is 1. The molecule has 0 unspecified atom stereocenters. The van der Waals surface area contributed by atoms with Crippen LogP contribution >= 0.6 is 0 Å². The molecule has 1 aromatic carbocycles. The van der Waals surface area contributed by atoms with Gasteiger partial charge in [-0.05, 0) is 24.8 Å². The van der Waals surface area contributed by atoms with E-state index in [0.29, 0.717) is 18.5 Å². The number of hydrogen-bond donors (Lipinski definition) is 1. The molecule has 1 aliphatic heterocycles. The minimum atomic E-state index is -0.861. The van der Waals surface area contributed by atoms with Crippen LogP contribution < -0.4 is 0 Å². The Morgan fingerprint density at radius 1 is 1.20 bits per heavy atom. The number of aliphatic carboxylic acids is 1. The normalized spacial score (nSPS) is 15.1. The van der Waals surface area contributed by atoms with E-state index in [1.54, 1.807) is 0 Å². The fourth-order valence-electron chi connectivity index (χ4n) is 2.36. The molecule has 0 fully saturated rings. The third-order valence-electron chi connectivity index (χ3n) is 3.47. The molecule has 0 aromatic heterocycles. The molecule has 0 aliphatic carbocycles. The van der Waals surface area contributed by atoms with Crippen LogP contribution in [-0.2, 0) is 16.0 Å². The van der Waals surface area contributed by atoms with Gasteiger partial charge in [-0.1, -0.05) is 36.4 Å². The van der Waals surface area contributed by atoms with Crippen molar-refractivity contribution in [1.82, 2.24) is 4.90 Å². The fourth-order valence-corrected chi connectivity index (χ4v) is 2.36. The van der Waals surface area contributed by atoms with Crippen molar-refractivity contribution in [3.05, 3.63) is 47.5 Å². The smallest absolute Gasteiger partial charge is 0.303 e. The number of carbonyl (C=O) groups excluding carboxylic acids is 1. The highest BCUT2D eigenvalue weighted by Gasteiger charge is 2.21. The van der Waals surface area contributed by atoms with E-state index in [1.165, 1.54) is 5.56 Å². The summed E-state index contributed by atoms with van der Waals surface area (Å²) in [6.45, 7) is 1.41. The average molecular weight is 273 g/mol. The molecule has 1 N–H and O–H groups in total. The molecule has 1 amide bonds. The Morgan fingerprint density at radius 3 is 2.65 bits per heavy atom. The van der Waals surface area contributed by atoms with Gasteiger partial charge >= 0.3 is 5.97 Å². The molecular formula is C16H19NO3. The highest BCUT2D eigenvalue weighted by Crippen LogP contribution is 2.17. The Kier molecular flexibility index (Phi) is 4.93. The summed E-state index contributed by atoms with van der Waals surface area (Å²) in [4.78, 5) is 24.6. The van der Waals surface area contributed by atoms with E-state index >= 15 is 0 Å². The van der Waals surface area contributed by atoms with Gasteiger partial charge in [-0.3, -0.25) is 9.59 Å². The van der Waals surface area contributed by atoms with Crippen molar-refractivity contribution in [2.45, 2.75) is 25.7 Å². The highest BCUT2D eigenvalue weighted by atomic mass is 16.4. The lowest BCUT2D eigenvalue weighted by molar-refractivity contribution is -0.137. The lowest BCUT2D eigenvalue weighted by atomic mass is 10.0. The zero-order valence-electron chi connectivity index (χ0n) is 11.4. The SMILES string of the molecule is O=C(O)CCC1=CCCN(CCc2ccccc2)C1=O. The van der Waals surface area contributed by atoms with E-state index in [-0.39, 0.29) is 12.3 Å². The van der Waals surface area contributed by atoms with Crippen LogP contribution in [-0.4, -0.2) is 35.0 Å². The van der Waals surface area contributed by atoms with Crippen LogP contribution in [0.2, 0.25) is 0 Å². The molecule has 0 spiro atoms. The van der Waals surface area contributed by atoms with Gasteiger partial charge in [0, 0.05) is 25.1 Å². The molecule has 2 rings (SSSR count). The lowest BCUT2D eigenvalue weighted by Crippen LogP contribution is -2.37. The minimum absolute atomic E-state index is 0.00608. The summed E-state index contributed by atoms with van der Waals surface area (Å²) >= 11 is 0. The van der Waals surface area contributed by atoms with Gasteiger partial charge in [0.2, 0.25) is 5.91 Å². The summed E-state index contributed by atoms with van der Waals surface area (Å²) < 4.78 is 0.